The lowest BCUT2D eigenvalue weighted by Crippen LogP contribution is -2.42. The van der Waals surface area contributed by atoms with E-state index in [4.69, 9.17) is 4.74 Å². The van der Waals surface area contributed by atoms with E-state index in [1.165, 1.54) is 16.8 Å². The highest BCUT2D eigenvalue weighted by Gasteiger charge is 2.28. The van der Waals surface area contributed by atoms with Gasteiger partial charge in [0.1, 0.15) is 5.75 Å². The van der Waals surface area contributed by atoms with Crippen molar-refractivity contribution in [2.45, 2.75) is 39.7 Å². The zero-order valence-corrected chi connectivity index (χ0v) is 18.0. The molecule has 0 bridgehead atoms. The number of fused-ring (bicyclic) bond motifs is 1. The van der Waals surface area contributed by atoms with Gasteiger partial charge < -0.3 is 9.64 Å². The molecule has 0 unspecified atom stereocenters. The molecule has 152 valence electrons. The number of rotatable bonds is 5. The van der Waals surface area contributed by atoms with E-state index < -0.39 is 0 Å². The molecule has 0 radical (unpaired) electrons. The standard InChI is InChI=1S/C24H29N3O2/c1-16-11-22-21(17(2)14-24(3,4)27(22)5)13-19(16)15-25-26-23(28)12-18-7-9-20(29-6)10-8-18/h7-11,13-15H,12H2,1-6H3,(H,26,28)/b25-15+. The van der Waals surface area contributed by atoms with Crippen molar-refractivity contribution < 1.29 is 9.53 Å². The van der Waals surface area contributed by atoms with E-state index in [1.54, 1.807) is 13.3 Å². The summed E-state index contributed by atoms with van der Waals surface area (Å²) in [6.07, 6.45) is 4.27. The number of nitrogens with one attached hydrogen (secondary N) is 1. The van der Waals surface area contributed by atoms with Crippen LogP contribution in [-0.4, -0.2) is 31.8 Å². The van der Waals surface area contributed by atoms with Crippen LogP contribution in [0.15, 0.2) is 47.6 Å². The third-order valence-electron chi connectivity index (χ3n) is 5.52. The van der Waals surface area contributed by atoms with Crippen molar-refractivity contribution in [3.05, 3.63) is 64.7 Å². The van der Waals surface area contributed by atoms with Crippen LogP contribution in [0.2, 0.25) is 0 Å². The van der Waals surface area contributed by atoms with Gasteiger partial charge in [0, 0.05) is 18.3 Å². The molecule has 5 nitrogen and oxygen atoms in total. The van der Waals surface area contributed by atoms with Crippen molar-refractivity contribution in [2.75, 3.05) is 19.1 Å². The number of hydrogen-bond donors (Lipinski definition) is 1. The molecule has 0 spiro atoms. The number of methoxy groups -OCH3 is 1. The molecule has 0 atom stereocenters. The third-order valence-corrected chi connectivity index (χ3v) is 5.52. The first-order chi connectivity index (χ1) is 13.7. The molecular formula is C24H29N3O2. The zero-order valence-electron chi connectivity index (χ0n) is 18.0. The zero-order chi connectivity index (χ0) is 21.2. The molecule has 0 fully saturated rings. The Bertz CT molecular complexity index is 972. The predicted molar refractivity (Wildman–Crippen MR) is 120 cm³/mol. The quantitative estimate of drug-likeness (QED) is 0.610. The lowest BCUT2D eigenvalue weighted by molar-refractivity contribution is -0.120. The minimum absolute atomic E-state index is 0.0193. The van der Waals surface area contributed by atoms with E-state index in [0.29, 0.717) is 0 Å². The molecule has 29 heavy (non-hydrogen) atoms. The molecule has 5 heteroatoms. The van der Waals surface area contributed by atoms with Gasteiger partial charge in [0.2, 0.25) is 5.91 Å². The molecule has 1 heterocycles. The molecule has 3 rings (SSSR count). The Kier molecular flexibility index (Phi) is 5.78. The Morgan fingerprint density at radius 3 is 2.55 bits per heavy atom. The number of benzene rings is 2. The van der Waals surface area contributed by atoms with Crippen molar-refractivity contribution in [2.24, 2.45) is 5.10 Å². The summed E-state index contributed by atoms with van der Waals surface area (Å²) in [5.41, 5.74) is 9.29. The lowest BCUT2D eigenvalue weighted by Gasteiger charge is -2.41. The monoisotopic (exact) mass is 391 g/mol. The first kappa shape index (κ1) is 20.6. The SMILES string of the molecule is COc1ccc(CC(=O)N/N=C/c2cc3c(cc2C)N(C)C(C)(C)C=C3C)cc1. The van der Waals surface area contributed by atoms with Gasteiger partial charge in [0.05, 0.1) is 25.3 Å². The second kappa shape index (κ2) is 8.11. The molecule has 0 aromatic heterocycles. The molecule has 1 aliphatic rings. The highest BCUT2D eigenvalue weighted by Crippen LogP contribution is 2.38. The van der Waals surface area contributed by atoms with Gasteiger partial charge in [-0.1, -0.05) is 18.2 Å². The number of allylic oxidation sites excluding steroid dienone is 1. The maximum absolute atomic E-state index is 12.2. The van der Waals surface area contributed by atoms with Crippen LogP contribution in [-0.2, 0) is 11.2 Å². The van der Waals surface area contributed by atoms with Crippen molar-refractivity contribution in [3.8, 4) is 5.75 Å². The second-order valence-electron chi connectivity index (χ2n) is 8.08. The number of amides is 1. The molecular weight excluding hydrogens is 362 g/mol. The molecule has 1 amide bonds. The van der Waals surface area contributed by atoms with E-state index in [2.05, 4.69) is 68.4 Å². The number of anilines is 1. The normalized spacial score (nSPS) is 15.1. The summed E-state index contributed by atoms with van der Waals surface area (Å²) in [4.78, 5) is 14.5. The largest absolute Gasteiger partial charge is 0.497 e. The third kappa shape index (κ3) is 4.50. The van der Waals surface area contributed by atoms with Gasteiger partial charge in [0.25, 0.3) is 0 Å². The average molecular weight is 392 g/mol. The van der Waals surface area contributed by atoms with Gasteiger partial charge in [-0.25, -0.2) is 5.43 Å². The van der Waals surface area contributed by atoms with Gasteiger partial charge in [-0.2, -0.15) is 5.10 Å². The number of likely N-dealkylation sites (N-methyl/N-ethyl adjacent to an activating group) is 1. The van der Waals surface area contributed by atoms with Gasteiger partial charge in [-0.05, 0) is 74.2 Å². The van der Waals surface area contributed by atoms with Crippen LogP contribution in [0.3, 0.4) is 0 Å². The summed E-state index contributed by atoms with van der Waals surface area (Å²) in [7, 11) is 3.74. The molecule has 0 saturated carbocycles. The fraction of sp³-hybridized carbons (Fsp3) is 0.333. The number of carbonyl (C=O) groups is 1. The van der Waals surface area contributed by atoms with E-state index in [1.807, 2.05) is 24.3 Å². The number of hydrogen-bond acceptors (Lipinski definition) is 4. The predicted octanol–water partition coefficient (Wildman–Crippen LogP) is 4.33. The number of carbonyl (C=O) groups excluding carboxylic acids is 1. The smallest absolute Gasteiger partial charge is 0.244 e. The van der Waals surface area contributed by atoms with Crippen LogP contribution in [0, 0.1) is 6.92 Å². The molecule has 1 aliphatic heterocycles. The summed E-state index contributed by atoms with van der Waals surface area (Å²) in [5, 5.41) is 4.17. The maximum atomic E-state index is 12.2. The summed E-state index contributed by atoms with van der Waals surface area (Å²) < 4.78 is 5.13. The molecule has 0 saturated heterocycles. The highest BCUT2D eigenvalue weighted by atomic mass is 16.5. The van der Waals surface area contributed by atoms with Crippen LogP contribution in [0.25, 0.3) is 5.57 Å². The molecule has 2 aromatic rings. The van der Waals surface area contributed by atoms with Crippen molar-refractivity contribution in [3.63, 3.8) is 0 Å². The van der Waals surface area contributed by atoms with Crippen LogP contribution in [0.1, 0.15) is 43.0 Å². The van der Waals surface area contributed by atoms with Crippen molar-refractivity contribution in [1.82, 2.24) is 5.43 Å². The van der Waals surface area contributed by atoms with Crippen LogP contribution in [0.4, 0.5) is 5.69 Å². The Morgan fingerprint density at radius 2 is 1.90 bits per heavy atom. The lowest BCUT2D eigenvalue weighted by atomic mass is 9.87. The van der Waals surface area contributed by atoms with E-state index in [0.717, 1.165) is 22.4 Å². The summed E-state index contributed by atoms with van der Waals surface area (Å²) in [5.74, 6) is 0.619. The average Bonchev–Trinajstić information content (AvgIpc) is 2.67. The van der Waals surface area contributed by atoms with Crippen LogP contribution < -0.4 is 15.1 Å². The number of nitrogens with zero attached hydrogens (tertiary/aromatic N) is 2. The highest BCUT2D eigenvalue weighted by molar-refractivity contribution is 5.90. The Hall–Kier alpha value is -3.08. The van der Waals surface area contributed by atoms with E-state index >= 15 is 0 Å². The molecule has 2 aromatic carbocycles. The van der Waals surface area contributed by atoms with Crippen LogP contribution >= 0.6 is 0 Å². The topological polar surface area (TPSA) is 53.9 Å². The fourth-order valence-electron chi connectivity index (χ4n) is 3.60. The number of aryl methyl sites for hydroxylation is 1. The van der Waals surface area contributed by atoms with Gasteiger partial charge >= 0.3 is 0 Å². The minimum Gasteiger partial charge on any atom is -0.497 e. The number of hydrazone groups is 1. The first-order valence-corrected chi connectivity index (χ1v) is 9.74. The van der Waals surface area contributed by atoms with Gasteiger partial charge in [0.15, 0.2) is 0 Å². The van der Waals surface area contributed by atoms with Crippen molar-refractivity contribution in [1.29, 1.82) is 0 Å². The van der Waals surface area contributed by atoms with Crippen LogP contribution in [0.5, 0.6) is 5.75 Å². The van der Waals surface area contributed by atoms with E-state index in [-0.39, 0.29) is 17.9 Å². The summed E-state index contributed by atoms with van der Waals surface area (Å²) in [6, 6.07) is 11.8. The minimum atomic E-state index is -0.153. The van der Waals surface area contributed by atoms with Crippen molar-refractivity contribution >= 4 is 23.4 Å². The van der Waals surface area contributed by atoms with Gasteiger partial charge in [-0.3, -0.25) is 4.79 Å². The Morgan fingerprint density at radius 1 is 1.21 bits per heavy atom. The molecule has 0 aliphatic carbocycles. The fourth-order valence-corrected chi connectivity index (χ4v) is 3.60. The maximum Gasteiger partial charge on any atom is 0.244 e. The summed E-state index contributed by atoms with van der Waals surface area (Å²) in [6.45, 7) is 8.63. The Balaban J connectivity index is 1.71. The second-order valence-corrected chi connectivity index (χ2v) is 8.08. The Labute approximate surface area is 173 Å². The summed E-state index contributed by atoms with van der Waals surface area (Å²) >= 11 is 0. The first-order valence-electron chi connectivity index (χ1n) is 9.74. The number of ether oxygens (including phenoxy) is 1. The molecule has 1 N–H and O–H groups in total. The van der Waals surface area contributed by atoms with Gasteiger partial charge in [-0.15, -0.1) is 0 Å². The van der Waals surface area contributed by atoms with E-state index in [9.17, 15) is 4.79 Å².